The summed E-state index contributed by atoms with van der Waals surface area (Å²) in [6.07, 6.45) is 3.22. The molecular formula is C24H22F8. The highest BCUT2D eigenvalue weighted by molar-refractivity contribution is 5.77. The number of alkyl halides is 8. The molecule has 0 fully saturated rings. The molecule has 0 unspecified atom stereocenters. The summed E-state index contributed by atoms with van der Waals surface area (Å²) in [4.78, 5) is 0. The Morgan fingerprint density at radius 1 is 0.531 bits per heavy atom. The Morgan fingerprint density at radius 3 is 1.50 bits per heavy atom. The first-order valence-corrected chi connectivity index (χ1v) is 10.3. The second-order valence-electron chi connectivity index (χ2n) is 7.93. The monoisotopic (exact) mass is 462 g/mol. The third-order valence-electron chi connectivity index (χ3n) is 5.69. The maximum Gasteiger partial charge on any atom is 0.340 e. The van der Waals surface area contributed by atoms with Gasteiger partial charge in [0.05, 0.1) is 0 Å². The van der Waals surface area contributed by atoms with Crippen molar-refractivity contribution >= 4 is 5.57 Å². The first-order valence-electron chi connectivity index (χ1n) is 10.3. The zero-order valence-corrected chi connectivity index (χ0v) is 17.5. The van der Waals surface area contributed by atoms with Crippen molar-refractivity contribution in [1.82, 2.24) is 0 Å². The Hall–Kier alpha value is -2.38. The van der Waals surface area contributed by atoms with E-state index in [0.29, 0.717) is 30.7 Å². The van der Waals surface area contributed by atoms with Gasteiger partial charge in [-0.25, -0.2) is 0 Å². The minimum Gasteiger partial charge on any atom is -0.194 e. The Bertz CT molecular complexity index is 991. The molecule has 32 heavy (non-hydrogen) atoms. The second kappa shape index (κ2) is 8.19. The Labute approximate surface area is 181 Å². The van der Waals surface area contributed by atoms with Crippen LogP contribution in [-0.4, -0.2) is 23.7 Å². The molecule has 2 aliphatic rings. The number of benzene rings is 1. The van der Waals surface area contributed by atoms with Crippen molar-refractivity contribution in [2.75, 3.05) is 0 Å². The van der Waals surface area contributed by atoms with E-state index in [0.717, 1.165) is 12.0 Å². The molecule has 0 aromatic heterocycles. The minimum atomic E-state index is -5.12. The third kappa shape index (κ3) is 3.61. The molecule has 8 heteroatoms. The molecule has 2 aliphatic carbocycles. The number of hydrogen-bond donors (Lipinski definition) is 0. The Morgan fingerprint density at radius 2 is 0.969 bits per heavy atom. The summed E-state index contributed by atoms with van der Waals surface area (Å²) in [6, 6.07) is 5.54. The molecule has 0 atom stereocenters. The summed E-state index contributed by atoms with van der Waals surface area (Å²) in [7, 11) is 0. The molecule has 1 aromatic carbocycles. The van der Waals surface area contributed by atoms with Crippen molar-refractivity contribution in [1.29, 1.82) is 0 Å². The van der Waals surface area contributed by atoms with E-state index in [1.807, 2.05) is 6.92 Å². The molecule has 0 N–H and O–H groups in total. The number of allylic oxidation sites excluding steroid dienone is 8. The molecule has 174 valence electrons. The van der Waals surface area contributed by atoms with Gasteiger partial charge in [-0.3, -0.25) is 0 Å². The smallest absolute Gasteiger partial charge is 0.194 e. The van der Waals surface area contributed by atoms with Gasteiger partial charge in [-0.2, -0.15) is 35.1 Å². The number of aryl methyl sites for hydroxylation is 1. The predicted molar refractivity (Wildman–Crippen MR) is 107 cm³/mol. The summed E-state index contributed by atoms with van der Waals surface area (Å²) in [5.41, 5.74) is -5.00. The first-order chi connectivity index (χ1) is 14.8. The van der Waals surface area contributed by atoms with E-state index in [1.165, 1.54) is 31.2 Å². The summed E-state index contributed by atoms with van der Waals surface area (Å²) in [5, 5.41) is 0. The third-order valence-corrected chi connectivity index (χ3v) is 5.69. The van der Waals surface area contributed by atoms with Crippen molar-refractivity contribution < 1.29 is 35.1 Å². The van der Waals surface area contributed by atoms with Crippen LogP contribution in [0.15, 0.2) is 65.3 Å². The molecule has 0 radical (unpaired) electrons. The van der Waals surface area contributed by atoms with Crippen LogP contribution in [-0.2, 0) is 6.42 Å². The van der Waals surface area contributed by atoms with Crippen molar-refractivity contribution in [3.63, 3.8) is 0 Å². The van der Waals surface area contributed by atoms with Gasteiger partial charge in [-0.05, 0) is 24.0 Å². The van der Waals surface area contributed by atoms with Gasteiger partial charge in [0.1, 0.15) is 0 Å². The lowest BCUT2D eigenvalue weighted by Crippen LogP contribution is -2.51. The molecule has 0 saturated heterocycles. The van der Waals surface area contributed by atoms with Gasteiger partial charge in [0.25, 0.3) is 0 Å². The SMILES string of the molecule is CCCC1=CC=C(C2=CC=C(c3ccc(CCC)cc3)C(F)(F)C2(F)F)C(F)(F)C1(F)F. The van der Waals surface area contributed by atoms with Crippen LogP contribution >= 0.6 is 0 Å². The highest BCUT2D eigenvalue weighted by Gasteiger charge is 2.69. The molecule has 3 rings (SSSR count). The Kier molecular flexibility index (Phi) is 6.21. The molecule has 0 aliphatic heterocycles. The van der Waals surface area contributed by atoms with Crippen LogP contribution in [0.3, 0.4) is 0 Å². The normalized spacial score (nSPS) is 23.1. The molecule has 1 aromatic rings. The van der Waals surface area contributed by atoms with Crippen molar-refractivity contribution in [2.24, 2.45) is 0 Å². The van der Waals surface area contributed by atoms with Gasteiger partial charge >= 0.3 is 23.7 Å². The van der Waals surface area contributed by atoms with Gasteiger partial charge in [-0.1, -0.05) is 75.3 Å². The lowest BCUT2D eigenvalue weighted by molar-refractivity contribution is -0.175. The van der Waals surface area contributed by atoms with Crippen LogP contribution in [0.5, 0.6) is 0 Å². The van der Waals surface area contributed by atoms with Crippen LogP contribution in [0.25, 0.3) is 5.57 Å². The molecule has 0 spiro atoms. The highest BCUT2D eigenvalue weighted by atomic mass is 19.3. The van der Waals surface area contributed by atoms with Crippen LogP contribution in [0.4, 0.5) is 35.1 Å². The lowest BCUT2D eigenvalue weighted by Gasteiger charge is -2.39. The van der Waals surface area contributed by atoms with E-state index in [-0.39, 0.29) is 18.4 Å². The Balaban J connectivity index is 2.12. The fraction of sp³-hybridized carbons (Fsp3) is 0.417. The first kappa shape index (κ1) is 24.3. The summed E-state index contributed by atoms with van der Waals surface area (Å²) in [6.45, 7) is 3.41. The lowest BCUT2D eigenvalue weighted by atomic mass is 9.77. The van der Waals surface area contributed by atoms with E-state index in [4.69, 9.17) is 0 Å². The van der Waals surface area contributed by atoms with E-state index >= 15 is 0 Å². The molecule has 0 heterocycles. The van der Waals surface area contributed by atoms with Gasteiger partial charge < -0.3 is 0 Å². The van der Waals surface area contributed by atoms with E-state index in [2.05, 4.69) is 0 Å². The van der Waals surface area contributed by atoms with Gasteiger partial charge in [0.2, 0.25) is 0 Å². The molecule has 0 nitrogen and oxygen atoms in total. The van der Waals surface area contributed by atoms with Gasteiger partial charge in [-0.15, -0.1) is 0 Å². The average molecular weight is 462 g/mol. The van der Waals surface area contributed by atoms with Crippen LogP contribution in [0.1, 0.15) is 44.2 Å². The summed E-state index contributed by atoms with van der Waals surface area (Å²) in [5.74, 6) is -19.8. The largest absolute Gasteiger partial charge is 0.340 e. The standard InChI is InChI=1S/C24H22F8/c1-3-5-15-7-9-16(10-8-15)18-13-14-20(24(31,32)22(18,27)28)19-12-11-17(6-4-2)21(25,26)23(19,29)30/h7-14H,3-6H2,1-2H3. The quantitative estimate of drug-likeness (QED) is 0.374. The van der Waals surface area contributed by atoms with Gasteiger partial charge in [0, 0.05) is 22.3 Å². The molecular weight excluding hydrogens is 440 g/mol. The summed E-state index contributed by atoms with van der Waals surface area (Å²) < 4.78 is 118. The van der Waals surface area contributed by atoms with E-state index in [1.54, 1.807) is 0 Å². The molecule has 0 bridgehead atoms. The minimum absolute atomic E-state index is 0.126. The fourth-order valence-electron chi connectivity index (χ4n) is 3.92. The predicted octanol–water partition coefficient (Wildman–Crippen LogP) is 8.17. The maximum absolute atomic E-state index is 14.9. The van der Waals surface area contributed by atoms with Crippen molar-refractivity contribution in [3.05, 3.63) is 76.4 Å². The zero-order valence-electron chi connectivity index (χ0n) is 17.5. The highest BCUT2D eigenvalue weighted by Crippen LogP contribution is 2.58. The van der Waals surface area contributed by atoms with E-state index < -0.39 is 46.0 Å². The van der Waals surface area contributed by atoms with Crippen molar-refractivity contribution in [2.45, 2.75) is 63.2 Å². The second-order valence-corrected chi connectivity index (χ2v) is 7.93. The number of halogens is 8. The molecule has 0 saturated carbocycles. The average Bonchev–Trinajstić information content (AvgIpc) is 2.70. The van der Waals surface area contributed by atoms with Crippen LogP contribution in [0.2, 0.25) is 0 Å². The van der Waals surface area contributed by atoms with E-state index in [9.17, 15) is 35.1 Å². The topological polar surface area (TPSA) is 0 Å². The van der Waals surface area contributed by atoms with Gasteiger partial charge in [0.15, 0.2) is 0 Å². The summed E-state index contributed by atoms with van der Waals surface area (Å²) >= 11 is 0. The maximum atomic E-state index is 14.9. The van der Waals surface area contributed by atoms with Crippen LogP contribution in [0, 0.1) is 0 Å². The number of rotatable bonds is 6. The number of hydrogen-bond acceptors (Lipinski definition) is 0. The molecule has 0 amide bonds. The zero-order chi connectivity index (χ0) is 23.9. The van der Waals surface area contributed by atoms with Crippen LogP contribution < -0.4 is 0 Å². The fourth-order valence-corrected chi connectivity index (χ4v) is 3.92. The van der Waals surface area contributed by atoms with Crippen molar-refractivity contribution in [3.8, 4) is 0 Å².